The van der Waals surface area contributed by atoms with Crippen molar-refractivity contribution >= 4 is 22.8 Å². The van der Waals surface area contributed by atoms with Crippen LogP contribution in [0.25, 0.3) is 11.0 Å². The first-order chi connectivity index (χ1) is 11.2. The molecule has 2 aromatic rings. The van der Waals surface area contributed by atoms with Gasteiger partial charge in [-0.25, -0.2) is 4.98 Å². The highest BCUT2D eigenvalue weighted by Gasteiger charge is 2.18. The quantitative estimate of drug-likeness (QED) is 0.713. The van der Waals surface area contributed by atoms with Crippen LogP contribution >= 0.6 is 0 Å². The summed E-state index contributed by atoms with van der Waals surface area (Å²) in [6.45, 7) is 0.875. The van der Waals surface area contributed by atoms with Crippen molar-refractivity contribution in [1.29, 1.82) is 0 Å². The Balaban J connectivity index is 1.41. The van der Waals surface area contributed by atoms with Gasteiger partial charge in [-0.05, 0) is 30.9 Å². The van der Waals surface area contributed by atoms with Gasteiger partial charge in [-0.15, -0.1) is 0 Å². The molecule has 2 aromatic heterocycles. The van der Waals surface area contributed by atoms with Crippen molar-refractivity contribution in [2.75, 3.05) is 13.1 Å². The molecule has 0 bridgehead atoms. The van der Waals surface area contributed by atoms with Crippen molar-refractivity contribution in [1.82, 2.24) is 20.6 Å². The van der Waals surface area contributed by atoms with Crippen LogP contribution in [0.2, 0.25) is 0 Å². The van der Waals surface area contributed by atoms with E-state index in [-0.39, 0.29) is 11.8 Å². The van der Waals surface area contributed by atoms with Gasteiger partial charge in [0.15, 0.2) is 0 Å². The van der Waals surface area contributed by atoms with Gasteiger partial charge in [-0.2, -0.15) is 0 Å². The van der Waals surface area contributed by atoms with Gasteiger partial charge >= 0.3 is 0 Å². The van der Waals surface area contributed by atoms with Gasteiger partial charge in [0.1, 0.15) is 5.65 Å². The Hall–Kier alpha value is -2.37. The summed E-state index contributed by atoms with van der Waals surface area (Å²) in [5.41, 5.74) is 1.27. The van der Waals surface area contributed by atoms with Crippen LogP contribution in [-0.4, -0.2) is 34.9 Å². The molecule has 0 unspecified atom stereocenters. The fourth-order valence-electron chi connectivity index (χ4n) is 3.17. The number of rotatable bonds is 6. The first-order valence-corrected chi connectivity index (χ1v) is 8.21. The fourth-order valence-corrected chi connectivity index (χ4v) is 3.17. The van der Waals surface area contributed by atoms with Crippen molar-refractivity contribution in [3.05, 3.63) is 30.1 Å². The first-order valence-electron chi connectivity index (χ1n) is 8.21. The Morgan fingerprint density at radius 2 is 2.00 bits per heavy atom. The molecular weight excluding hydrogens is 292 g/mol. The lowest BCUT2D eigenvalue weighted by molar-refractivity contribution is -0.121. The Labute approximate surface area is 135 Å². The summed E-state index contributed by atoms with van der Waals surface area (Å²) < 4.78 is 0. The molecule has 0 aliphatic heterocycles. The molecule has 6 heteroatoms. The number of pyridine rings is 1. The highest BCUT2D eigenvalue weighted by atomic mass is 16.2. The van der Waals surface area contributed by atoms with Crippen LogP contribution in [0.1, 0.15) is 42.5 Å². The normalized spacial score (nSPS) is 15.0. The molecule has 6 nitrogen and oxygen atoms in total. The molecular formula is C17H22N4O2. The predicted octanol–water partition coefficient (Wildman–Crippen LogP) is 1.99. The minimum absolute atomic E-state index is 0.0856. The zero-order valence-electron chi connectivity index (χ0n) is 13.1. The molecule has 0 aromatic carbocycles. The van der Waals surface area contributed by atoms with E-state index in [0.29, 0.717) is 36.6 Å². The highest BCUT2D eigenvalue weighted by Crippen LogP contribution is 2.27. The zero-order chi connectivity index (χ0) is 16.1. The topological polar surface area (TPSA) is 86.9 Å². The van der Waals surface area contributed by atoms with Gasteiger partial charge in [-0.1, -0.05) is 12.8 Å². The van der Waals surface area contributed by atoms with E-state index in [1.54, 1.807) is 18.5 Å². The maximum absolute atomic E-state index is 12.2. The average molecular weight is 314 g/mol. The minimum atomic E-state index is -0.158. The van der Waals surface area contributed by atoms with E-state index in [1.807, 2.05) is 6.07 Å². The van der Waals surface area contributed by atoms with Gasteiger partial charge in [0, 0.05) is 37.3 Å². The van der Waals surface area contributed by atoms with Crippen LogP contribution in [-0.2, 0) is 4.79 Å². The summed E-state index contributed by atoms with van der Waals surface area (Å²) in [5.74, 6) is 0.472. The molecule has 0 spiro atoms. The number of hydrogen-bond donors (Lipinski definition) is 3. The third kappa shape index (κ3) is 3.88. The number of nitrogens with zero attached hydrogens (tertiary/aromatic N) is 1. The van der Waals surface area contributed by atoms with Crippen molar-refractivity contribution in [3.8, 4) is 0 Å². The fraction of sp³-hybridized carbons (Fsp3) is 0.471. The lowest BCUT2D eigenvalue weighted by Gasteiger charge is -2.10. The molecule has 2 amide bonds. The molecule has 1 aliphatic rings. The van der Waals surface area contributed by atoms with E-state index in [1.165, 1.54) is 25.7 Å². The van der Waals surface area contributed by atoms with Crippen LogP contribution < -0.4 is 10.6 Å². The number of aromatic amines is 1. The van der Waals surface area contributed by atoms with Crippen molar-refractivity contribution in [2.45, 2.75) is 32.1 Å². The van der Waals surface area contributed by atoms with E-state index < -0.39 is 0 Å². The second-order valence-corrected chi connectivity index (χ2v) is 6.06. The van der Waals surface area contributed by atoms with Crippen LogP contribution in [0.4, 0.5) is 0 Å². The summed E-state index contributed by atoms with van der Waals surface area (Å²) >= 11 is 0. The number of carbonyl (C=O) groups is 2. The number of nitrogens with one attached hydrogen (secondary N) is 3. The van der Waals surface area contributed by atoms with Crippen molar-refractivity contribution in [2.24, 2.45) is 5.92 Å². The largest absolute Gasteiger partial charge is 0.354 e. The Kier molecular flexibility index (Phi) is 4.90. The first kappa shape index (κ1) is 15.5. The highest BCUT2D eigenvalue weighted by molar-refractivity contribution is 6.05. The number of H-pyrrole nitrogens is 1. The van der Waals surface area contributed by atoms with Crippen LogP contribution in [0.3, 0.4) is 0 Å². The summed E-state index contributed by atoms with van der Waals surface area (Å²) in [7, 11) is 0. The predicted molar refractivity (Wildman–Crippen MR) is 88.0 cm³/mol. The molecule has 23 heavy (non-hydrogen) atoms. The van der Waals surface area contributed by atoms with E-state index in [9.17, 15) is 9.59 Å². The summed E-state index contributed by atoms with van der Waals surface area (Å²) in [4.78, 5) is 31.1. The maximum atomic E-state index is 12.2. The summed E-state index contributed by atoms with van der Waals surface area (Å²) in [5, 5.41) is 6.50. The van der Waals surface area contributed by atoms with Crippen LogP contribution in [0, 0.1) is 5.92 Å². The second-order valence-electron chi connectivity index (χ2n) is 6.06. The van der Waals surface area contributed by atoms with Crippen molar-refractivity contribution < 1.29 is 9.59 Å². The Morgan fingerprint density at radius 3 is 2.83 bits per heavy atom. The van der Waals surface area contributed by atoms with E-state index in [2.05, 4.69) is 20.6 Å². The zero-order valence-corrected chi connectivity index (χ0v) is 13.1. The second kappa shape index (κ2) is 7.26. The number of fused-ring (bicyclic) bond motifs is 1. The van der Waals surface area contributed by atoms with Gasteiger partial charge in [0.25, 0.3) is 5.91 Å². The summed E-state index contributed by atoms with van der Waals surface area (Å²) in [6, 6.07) is 3.66. The molecule has 0 radical (unpaired) electrons. The third-order valence-corrected chi connectivity index (χ3v) is 4.38. The van der Waals surface area contributed by atoms with Gasteiger partial charge < -0.3 is 15.6 Å². The Morgan fingerprint density at radius 1 is 1.22 bits per heavy atom. The van der Waals surface area contributed by atoms with Crippen LogP contribution in [0.5, 0.6) is 0 Å². The standard InChI is InChI=1S/C17H22N4O2/c22-15(10-12-4-1-2-5-12)18-8-9-20-17(23)14-11-21-16-13(14)6-3-7-19-16/h3,6-7,11-12H,1-2,4-5,8-10H2,(H,18,22)(H,19,21)(H,20,23). The molecule has 0 atom stereocenters. The number of hydrogen-bond acceptors (Lipinski definition) is 3. The SMILES string of the molecule is O=C(CC1CCCC1)NCCNC(=O)c1c[nH]c2ncccc12. The van der Waals surface area contributed by atoms with Gasteiger partial charge in [-0.3, -0.25) is 9.59 Å². The molecule has 1 saturated carbocycles. The average Bonchev–Trinajstić information content (AvgIpc) is 3.20. The Bertz CT molecular complexity index is 689. The molecule has 122 valence electrons. The minimum Gasteiger partial charge on any atom is -0.354 e. The monoisotopic (exact) mass is 314 g/mol. The van der Waals surface area contributed by atoms with Gasteiger partial charge in [0.2, 0.25) is 5.91 Å². The molecule has 3 N–H and O–H groups in total. The van der Waals surface area contributed by atoms with E-state index in [0.717, 1.165) is 5.39 Å². The molecule has 3 rings (SSSR count). The van der Waals surface area contributed by atoms with Crippen LogP contribution in [0.15, 0.2) is 24.5 Å². The van der Waals surface area contributed by atoms with E-state index >= 15 is 0 Å². The maximum Gasteiger partial charge on any atom is 0.253 e. The summed E-state index contributed by atoms with van der Waals surface area (Å²) in [6.07, 6.45) is 8.77. The van der Waals surface area contributed by atoms with Gasteiger partial charge in [0.05, 0.1) is 5.56 Å². The van der Waals surface area contributed by atoms with E-state index in [4.69, 9.17) is 0 Å². The lowest BCUT2D eigenvalue weighted by atomic mass is 10.0. The molecule has 1 aliphatic carbocycles. The molecule has 0 saturated heterocycles. The lowest BCUT2D eigenvalue weighted by Crippen LogP contribution is -2.35. The molecule has 2 heterocycles. The molecule has 1 fully saturated rings. The van der Waals surface area contributed by atoms with Crippen molar-refractivity contribution in [3.63, 3.8) is 0 Å². The number of aromatic nitrogens is 2. The third-order valence-electron chi connectivity index (χ3n) is 4.38. The number of carbonyl (C=O) groups excluding carboxylic acids is 2. The number of amides is 2. The smallest absolute Gasteiger partial charge is 0.253 e.